The van der Waals surface area contributed by atoms with Crippen molar-refractivity contribution in [1.29, 1.82) is 0 Å². The van der Waals surface area contributed by atoms with Crippen LogP contribution in [-0.4, -0.2) is 39.4 Å². The summed E-state index contributed by atoms with van der Waals surface area (Å²) in [7, 11) is -8.40. The first-order valence-electron chi connectivity index (χ1n) is 4.07. The fourth-order valence-electron chi connectivity index (χ4n) is 0.832. The van der Waals surface area contributed by atoms with Gasteiger partial charge in [0.1, 0.15) is 0 Å². The molecule has 0 aromatic rings. The summed E-state index contributed by atoms with van der Waals surface area (Å²) in [5.41, 5.74) is 0. The lowest BCUT2D eigenvalue weighted by atomic mass is 10.3. The molecule has 0 aromatic carbocycles. The van der Waals surface area contributed by atoms with Crippen molar-refractivity contribution in [3.8, 4) is 0 Å². The van der Waals surface area contributed by atoms with E-state index in [0.717, 1.165) is 12.3 Å². The van der Waals surface area contributed by atoms with E-state index < -0.39 is 20.2 Å². The van der Waals surface area contributed by atoms with E-state index in [4.69, 9.17) is 0 Å². The number of hydrogen-bond donors (Lipinski definition) is 0. The molecule has 0 spiro atoms. The van der Waals surface area contributed by atoms with Crippen LogP contribution in [0.4, 0.5) is 0 Å². The Kier molecular flexibility index (Phi) is 5.09. The van der Waals surface area contributed by atoms with E-state index in [0.29, 0.717) is 12.8 Å². The number of rotatable bonds is 6. The fraction of sp³-hybridized carbons (Fsp3) is 0.833. The molecular weight excluding hydrogens is 244 g/mol. The topological polar surface area (TPSA) is 101 Å². The maximum absolute atomic E-state index is 11.2. The predicted octanol–water partition coefficient (Wildman–Crippen LogP) is -0.371. The third-order valence-corrected chi connectivity index (χ3v) is 4.78. The molecule has 9 heteroatoms. The lowest BCUT2D eigenvalue weighted by Gasteiger charge is -2.15. The predicted molar refractivity (Wildman–Crippen MR) is 53.5 cm³/mol. The largest absolute Gasteiger partial charge is 0.345 e. The van der Waals surface area contributed by atoms with Gasteiger partial charge in [-0.3, -0.25) is 0 Å². The highest BCUT2D eigenvalue weighted by Gasteiger charge is 2.29. The van der Waals surface area contributed by atoms with Crippen molar-refractivity contribution in [2.45, 2.75) is 19.8 Å². The molecule has 0 saturated carbocycles. The fourth-order valence-corrected chi connectivity index (χ4v) is 3.31. The standard InChI is InChI=1S/C6H12N2O5S2/c1-3-4-5-8(14(2,10)11)15(12,13)7-6-9/h3-5H2,1-2H3. The van der Waals surface area contributed by atoms with E-state index in [-0.39, 0.29) is 10.3 Å². The highest BCUT2D eigenvalue weighted by atomic mass is 32.3. The molecule has 0 aromatic heterocycles. The average Bonchev–Trinajstić information content (AvgIpc) is 2.01. The minimum Gasteiger partial charge on any atom is -0.211 e. The van der Waals surface area contributed by atoms with Crippen molar-refractivity contribution in [3.63, 3.8) is 0 Å². The van der Waals surface area contributed by atoms with E-state index in [9.17, 15) is 21.6 Å². The molecule has 7 nitrogen and oxygen atoms in total. The van der Waals surface area contributed by atoms with Gasteiger partial charge in [0, 0.05) is 6.54 Å². The summed E-state index contributed by atoms with van der Waals surface area (Å²) >= 11 is 0. The summed E-state index contributed by atoms with van der Waals surface area (Å²) < 4.78 is 47.3. The van der Waals surface area contributed by atoms with Gasteiger partial charge in [-0.1, -0.05) is 21.5 Å². The van der Waals surface area contributed by atoms with Crippen molar-refractivity contribution in [2.75, 3.05) is 12.8 Å². The number of nitrogens with zero attached hydrogens (tertiary/aromatic N) is 2. The smallest absolute Gasteiger partial charge is 0.211 e. The summed E-state index contributed by atoms with van der Waals surface area (Å²) in [5.74, 6) is 0. The quantitative estimate of drug-likeness (QED) is 0.476. The zero-order chi connectivity index (χ0) is 12.1. The van der Waals surface area contributed by atoms with Crippen LogP contribution in [-0.2, 0) is 25.0 Å². The normalized spacial score (nSPS) is 12.5. The minimum absolute atomic E-state index is 0.189. The summed E-state index contributed by atoms with van der Waals surface area (Å²) in [6.45, 7) is 1.55. The SMILES string of the molecule is CCCCN(S(C)(=O)=O)S(=O)(=O)N=C=O. The molecule has 0 aliphatic heterocycles. The molecule has 15 heavy (non-hydrogen) atoms. The van der Waals surface area contributed by atoms with E-state index >= 15 is 0 Å². The van der Waals surface area contributed by atoms with E-state index in [1.165, 1.54) is 0 Å². The van der Waals surface area contributed by atoms with E-state index in [2.05, 4.69) is 4.40 Å². The van der Waals surface area contributed by atoms with Crippen molar-refractivity contribution < 1.29 is 21.6 Å². The van der Waals surface area contributed by atoms with Gasteiger partial charge in [0.15, 0.2) is 0 Å². The molecule has 0 fully saturated rings. The minimum atomic E-state index is -4.46. The molecule has 0 radical (unpaired) electrons. The Morgan fingerprint density at radius 2 is 1.80 bits per heavy atom. The van der Waals surface area contributed by atoms with Crippen LogP contribution in [0.25, 0.3) is 0 Å². The zero-order valence-electron chi connectivity index (χ0n) is 8.37. The molecule has 0 saturated heterocycles. The van der Waals surface area contributed by atoms with Gasteiger partial charge in [-0.2, -0.15) is 8.42 Å². The molecule has 0 aliphatic carbocycles. The Labute approximate surface area is 89.0 Å². The first-order valence-corrected chi connectivity index (χ1v) is 7.32. The average molecular weight is 256 g/mol. The Hall–Kier alpha value is -0.760. The van der Waals surface area contributed by atoms with Gasteiger partial charge in [-0.05, 0) is 6.42 Å². The van der Waals surface area contributed by atoms with Crippen LogP contribution in [0.1, 0.15) is 19.8 Å². The lowest BCUT2D eigenvalue weighted by molar-refractivity contribution is 0.493. The second kappa shape index (κ2) is 5.36. The van der Waals surface area contributed by atoms with Crippen molar-refractivity contribution in [3.05, 3.63) is 0 Å². The molecule has 88 valence electrons. The Morgan fingerprint density at radius 1 is 1.27 bits per heavy atom. The summed E-state index contributed by atoms with van der Waals surface area (Å²) in [4.78, 5) is 9.83. The number of carbonyl (C=O) groups excluding carboxylic acids is 1. The van der Waals surface area contributed by atoms with Gasteiger partial charge in [0.25, 0.3) is 6.08 Å². The molecule has 0 amide bonds. The highest BCUT2D eigenvalue weighted by Crippen LogP contribution is 2.09. The Bertz CT molecular complexity index is 446. The molecular formula is C6H12N2O5S2. The van der Waals surface area contributed by atoms with E-state index in [1.54, 1.807) is 6.92 Å². The van der Waals surface area contributed by atoms with Crippen molar-refractivity contribution in [1.82, 2.24) is 3.71 Å². The first kappa shape index (κ1) is 14.2. The second-order valence-electron chi connectivity index (χ2n) is 2.77. The maximum atomic E-state index is 11.2. The highest BCUT2D eigenvalue weighted by molar-refractivity contribution is 8.03. The van der Waals surface area contributed by atoms with Crippen LogP contribution in [0.3, 0.4) is 0 Å². The second-order valence-corrected chi connectivity index (χ2v) is 6.43. The lowest BCUT2D eigenvalue weighted by Crippen LogP contribution is -2.35. The van der Waals surface area contributed by atoms with Crippen LogP contribution in [0.2, 0.25) is 0 Å². The molecule has 0 atom stereocenters. The van der Waals surface area contributed by atoms with E-state index in [1.807, 2.05) is 0 Å². The maximum Gasteiger partial charge on any atom is 0.345 e. The van der Waals surface area contributed by atoms with Gasteiger partial charge < -0.3 is 0 Å². The Balaban J connectivity index is 5.22. The number of unbranched alkanes of at least 4 members (excludes halogenated alkanes) is 1. The van der Waals surface area contributed by atoms with Crippen LogP contribution in [0.15, 0.2) is 4.40 Å². The zero-order valence-corrected chi connectivity index (χ0v) is 10.0. The van der Waals surface area contributed by atoms with Crippen molar-refractivity contribution >= 4 is 26.3 Å². The number of isocyanates is 1. The van der Waals surface area contributed by atoms with Crippen LogP contribution < -0.4 is 0 Å². The van der Waals surface area contributed by atoms with Gasteiger partial charge in [0.05, 0.1) is 6.26 Å². The first-order chi connectivity index (χ1) is 6.75. The Morgan fingerprint density at radius 3 is 2.13 bits per heavy atom. The molecule has 0 bridgehead atoms. The van der Waals surface area contributed by atoms with Gasteiger partial charge >= 0.3 is 10.2 Å². The third kappa shape index (κ3) is 4.52. The molecule has 0 heterocycles. The van der Waals surface area contributed by atoms with Gasteiger partial charge in [0.2, 0.25) is 10.0 Å². The molecule has 0 N–H and O–H groups in total. The van der Waals surface area contributed by atoms with Gasteiger partial charge in [-0.15, -0.1) is 0 Å². The molecule has 0 unspecified atom stereocenters. The van der Waals surface area contributed by atoms with Crippen LogP contribution >= 0.6 is 0 Å². The molecule has 0 rings (SSSR count). The van der Waals surface area contributed by atoms with Gasteiger partial charge in [-0.25, -0.2) is 13.2 Å². The number of hydrogen-bond acceptors (Lipinski definition) is 5. The summed E-state index contributed by atoms with van der Waals surface area (Å²) in [6.07, 6.45) is 2.53. The third-order valence-electron chi connectivity index (χ3n) is 1.47. The summed E-state index contributed by atoms with van der Waals surface area (Å²) in [5, 5.41) is 0. The van der Waals surface area contributed by atoms with Crippen LogP contribution in [0.5, 0.6) is 0 Å². The monoisotopic (exact) mass is 256 g/mol. The number of sulfonamides is 1. The van der Waals surface area contributed by atoms with Crippen LogP contribution in [0, 0.1) is 0 Å². The van der Waals surface area contributed by atoms with Crippen molar-refractivity contribution in [2.24, 2.45) is 4.40 Å². The molecule has 0 aliphatic rings. The summed E-state index contributed by atoms with van der Waals surface area (Å²) in [6, 6.07) is 0.